The number of ether oxygens (including phenoxy) is 1. The van der Waals surface area contributed by atoms with Crippen molar-refractivity contribution in [1.82, 2.24) is 10.2 Å². The maximum absolute atomic E-state index is 10.1. The van der Waals surface area contributed by atoms with Crippen LogP contribution < -0.4 is 5.32 Å². The third-order valence-electron chi connectivity index (χ3n) is 2.50. The molecule has 2 N–H and O–H groups in total. The molecule has 0 saturated carbocycles. The predicted molar refractivity (Wildman–Crippen MR) is 65.6 cm³/mol. The van der Waals surface area contributed by atoms with Crippen LogP contribution in [0.2, 0.25) is 0 Å². The first-order valence-corrected chi connectivity index (χ1v) is 5.83. The molecule has 0 saturated heterocycles. The summed E-state index contributed by atoms with van der Waals surface area (Å²) in [6.07, 6.45) is 3.22. The quantitative estimate of drug-likeness (QED) is 0.639. The molecule has 0 aromatic rings. The zero-order chi connectivity index (χ0) is 12.0. The van der Waals surface area contributed by atoms with Crippen LogP contribution in [0.15, 0.2) is 11.6 Å². The Morgan fingerprint density at radius 3 is 2.88 bits per heavy atom. The number of hydrogen-bond donors (Lipinski definition) is 2. The average molecular weight is 228 g/mol. The van der Waals surface area contributed by atoms with Gasteiger partial charge in [0.1, 0.15) is 0 Å². The molecule has 0 aromatic carbocycles. The summed E-state index contributed by atoms with van der Waals surface area (Å²) in [4.78, 5) is 1.99. The molecule has 4 heteroatoms. The summed E-state index contributed by atoms with van der Waals surface area (Å²) in [5.74, 6) is 0. The molecule has 0 bridgehead atoms. The zero-order valence-electron chi connectivity index (χ0n) is 10.6. The highest BCUT2D eigenvalue weighted by Crippen LogP contribution is 2.06. The molecule has 0 aliphatic carbocycles. The molecule has 0 spiro atoms. The van der Waals surface area contributed by atoms with Crippen LogP contribution in [0.4, 0.5) is 0 Å². The van der Waals surface area contributed by atoms with Crippen LogP contribution in [0.3, 0.4) is 0 Å². The van der Waals surface area contributed by atoms with Gasteiger partial charge in [0.15, 0.2) is 0 Å². The van der Waals surface area contributed by atoms with Crippen LogP contribution in [-0.4, -0.2) is 62.6 Å². The summed E-state index contributed by atoms with van der Waals surface area (Å²) in [5.41, 5.74) is 0.603. The second-order valence-corrected chi connectivity index (χ2v) is 5.04. The van der Waals surface area contributed by atoms with E-state index >= 15 is 0 Å². The molecule has 4 nitrogen and oxygen atoms in total. The number of hydrogen-bond acceptors (Lipinski definition) is 4. The molecule has 94 valence electrons. The zero-order valence-corrected chi connectivity index (χ0v) is 10.6. The lowest BCUT2D eigenvalue weighted by atomic mass is 10.1. The van der Waals surface area contributed by atoms with Gasteiger partial charge >= 0.3 is 0 Å². The van der Waals surface area contributed by atoms with Crippen LogP contribution in [0, 0.1) is 0 Å². The molecule has 1 aliphatic rings. The predicted octanol–water partition coefficient (Wildman–Crippen LogP) is 0.235. The lowest BCUT2D eigenvalue weighted by molar-refractivity contribution is 0.0342. The molecule has 1 aliphatic heterocycles. The minimum atomic E-state index is -0.681. The van der Waals surface area contributed by atoms with Gasteiger partial charge in [-0.3, -0.25) is 0 Å². The molecular weight excluding hydrogens is 204 g/mol. The van der Waals surface area contributed by atoms with Crippen LogP contribution in [0.1, 0.15) is 13.3 Å². The summed E-state index contributed by atoms with van der Waals surface area (Å²) >= 11 is 0. The van der Waals surface area contributed by atoms with E-state index in [1.807, 2.05) is 25.9 Å². The van der Waals surface area contributed by atoms with Gasteiger partial charge in [0.25, 0.3) is 0 Å². The Labute approximate surface area is 98.3 Å². The van der Waals surface area contributed by atoms with Gasteiger partial charge in [-0.1, -0.05) is 6.08 Å². The molecule has 1 unspecified atom stereocenters. The Balaban J connectivity index is 2.21. The Morgan fingerprint density at radius 1 is 1.56 bits per heavy atom. The largest absolute Gasteiger partial charge is 0.388 e. The van der Waals surface area contributed by atoms with Gasteiger partial charge in [-0.05, 0) is 33.0 Å². The minimum absolute atomic E-state index is 0.600. The summed E-state index contributed by atoms with van der Waals surface area (Å²) in [5, 5.41) is 13.3. The maximum Gasteiger partial charge on any atom is 0.0869 e. The van der Waals surface area contributed by atoms with Crippen molar-refractivity contribution in [2.45, 2.75) is 18.9 Å². The third kappa shape index (κ3) is 5.61. The Bertz CT molecular complexity index is 237. The van der Waals surface area contributed by atoms with Crippen LogP contribution in [0.25, 0.3) is 0 Å². The lowest BCUT2D eigenvalue weighted by Crippen LogP contribution is -2.46. The fourth-order valence-electron chi connectivity index (χ4n) is 1.96. The van der Waals surface area contributed by atoms with E-state index in [1.165, 1.54) is 5.57 Å². The highest BCUT2D eigenvalue weighted by Gasteiger charge is 2.20. The normalized spacial score (nSPS) is 20.7. The molecule has 0 fully saturated rings. The maximum atomic E-state index is 10.1. The van der Waals surface area contributed by atoms with Gasteiger partial charge in [0.2, 0.25) is 0 Å². The molecule has 0 amide bonds. The number of nitrogens with zero attached hydrogens (tertiary/aromatic N) is 1. The smallest absolute Gasteiger partial charge is 0.0869 e. The molecule has 0 aromatic heterocycles. The summed E-state index contributed by atoms with van der Waals surface area (Å²) < 4.78 is 5.35. The lowest BCUT2D eigenvalue weighted by Gasteiger charge is -2.27. The number of rotatable bonds is 6. The Kier molecular flexibility index (Phi) is 5.41. The average Bonchev–Trinajstić information content (AvgIpc) is 2.16. The highest BCUT2D eigenvalue weighted by atomic mass is 16.5. The van der Waals surface area contributed by atoms with Crippen molar-refractivity contribution in [3.63, 3.8) is 0 Å². The first kappa shape index (κ1) is 13.6. The monoisotopic (exact) mass is 228 g/mol. The second kappa shape index (κ2) is 6.35. The van der Waals surface area contributed by atoms with E-state index in [0.29, 0.717) is 13.1 Å². The first-order chi connectivity index (χ1) is 7.49. The van der Waals surface area contributed by atoms with Gasteiger partial charge in [-0.25, -0.2) is 0 Å². The second-order valence-electron chi connectivity index (χ2n) is 5.04. The molecule has 16 heavy (non-hydrogen) atoms. The van der Waals surface area contributed by atoms with Gasteiger partial charge in [-0.15, -0.1) is 0 Å². The fourth-order valence-corrected chi connectivity index (χ4v) is 1.96. The standard InChI is InChI=1S/C12H24N2O2/c1-12(15,10-14(2)3)9-13-7-11-5-4-6-16-8-11/h5,13,15H,4,6-10H2,1-3H3. The van der Waals surface area contributed by atoms with Crippen LogP contribution in [0.5, 0.6) is 0 Å². The van der Waals surface area contributed by atoms with E-state index in [1.54, 1.807) is 0 Å². The van der Waals surface area contributed by atoms with Crippen molar-refractivity contribution >= 4 is 0 Å². The van der Waals surface area contributed by atoms with Crippen molar-refractivity contribution in [2.75, 3.05) is 46.9 Å². The van der Waals surface area contributed by atoms with E-state index in [0.717, 1.165) is 26.2 Å². The minimum Gasteiger partial charge on any atom is -0.388 e. The fraction of sp³-hybridized carbons (Fsp3) is 0.833. The Hall–Kier alpha value is -0.420. The molecule has 1 atom stereocenters. The highest BCUT2D eigenvalue weighted by molar-refractivity contribution is 5.06. The van der Waals surface area contributed by atoms with E-state index < -0.39 is 5.60 Å². The van der Waals surface area contributed by atoms with Crippen molar-refractivity contribution in [3.8, 4) is 0 Å². The Morgan fingerprint density at radius 2 is 2.31 bits per heavy atom. The van der Waals surface area contributed by atoms with Crippen molar-refractivity contribution < 1.29 is 9.84 Å². The summed E-state index contributed by atoms with van der Waals surface area (Å²) in [7, 11) is 3.93. The van der Waals surface area contributed by atoms with Gasteiger partial charge < -0.3 is 20.1 Å². The van der Waals surface area contributed by atoms with Crippen molar-refractivity contribution in [1.29, 1.82) is 0 Å². The third-order valence-corrected chi connectivity index (χ3v) is 2.50. The number of nitrogens with one attached hydrogen (secondary N) is 1. The topological polar surface area (TPSA) is 44.7 Å². The molecule has 1 rings (SSSR count). The van der Waals surface area contributed by atoms with Crippen LogP contribution in [-0.2, 0) is 4.74 Å². The summed E-state index contributed by atoms with van der Waals surface area (Å²) in [6.45, 7) is 5.48. The van der Waals surface area contributed by atoms with Crippen LogP contribution >= 0.6 is 0 Å². The van der Waals surface area contributed by atoms with Gasteiger partial charge in [0.05, 0.1) is 18.8 Å². The molecule has 1 heterocycles. The van der Waals surface area contributed by atoms with Gasteiger partial charge in [0, 0.05) is 19.6 Å². The molecular formula is C12H24N2O2. The number of likely N-dealkylation sites (N-methyl/N-ethyl adjacent to an activating group) is 1. The van der Waals surface area contributed by atoms with E-state index in [9.17, 15) is 5.11 Å². The van der Waals surface area contributed by atoms with E-state index in [-0.39, 0.29) is 0 Å². The van der Waals surface area contributed by atoms with Gasteiger partial charge in [-0.2, -0.15) is 0 Å². The summed E-state index contributed by atoms with van der Waals surface area (Å²) in [6, 6.07) is 0. The SMILES string of the molecule is CN(C)CC(C)(O)CNCC1=CCCOC1. The first-order valence-electron chi connectivity index (χ1n) is 5.83. The van der Waals surface area contributed by atoms with E-state index in [4.69, 9.17) is 4.74 Å². The van der Waals surface area contributed by atoms with E-state index in [2.05, 4.69) is 11.4 Å². The molecule has 0 radical (unpaired) electrons. The van der Waals surface area contributed by atoms with Crippen molar-refractivity contribution in [3.05, 3.63) is 11.6 Å². The number of aliphatic hydroxyl groups is 1. The van der Waals surface area contributed by atoms with Crippen molar-refractivity contribution in [2.24, 2.45) is 0 Å².